The lowest BCUT2D eigenvalue weighted by molar-refractivity contribution is -0.0369. The number of fused-ring (bicyclic) bond motifs is 1. The van der Waals surface area contributed by atoms with Gasteiger partial charge in [0, 0.05) is 5.39 Å². The van der Waals surface area contributed by atoms with Gasteiger partial charge in [0.15, 0.2) is 12.0 Å². The van der Waals surface area contributed by atoms with E-state index in [1.54, 1.807) is 12.1 Å². The summed E-state index contributed by atoms with van der Waals surface area (Å²) in [5, 5.41) is 7.69. The zero-order valence-corrected chi connectivity index (χ0v) is 12.5. The summed E-state index contributed by atoms with van der Waals surface area (Å²) in [4.78, 5) is 0. The van der Waals surface area contributed by atoms with Crippen molar-refractivity contribution in [2.24, 2.45) is 0 Å². The van der Waals surface area contributed by atoms with E-state index in [-0.39, 0.29) is 5.75 Å². The molecule has 3 nitrogen and oxygen atoms in total. The first-order valence-corrected chi connectivity index (χ1v) is 7.39. The van der Waals surface area contributed by atoms with Gasteiger partial charge in [-0.2, -0.15) is 18.3 Å². The molecule has 0 saturated carbocycles. The molecule has 0 aliphatic carbocycles. The van der Waals surface area contributed by atoms with Crippen molar-refractivity contribution < 1.29 is 17.4 Å². The van der Waals surface area contributed by atoms with Gasteiger partial charge in [-0.05, 0) is 29.8 Å². The van der Waals surface area contributed by atoms with Gasteiger partial charge in [0.05, 0.1) is 11.2 Å². The van der Waals surface area contributed by atoms with E-state index in [0.717, 1.165) is 11.1 Å². The van der Waals surface area contributed by atoms with Gasteiger partial charge in [-0.3, -0.25) is 5.10 Å². The lowest BCUT2D eigenvalue weighted by atomic mass is 10.1. The van der Waals surface area contributed by atoms with Crippen LogP contribution in [0.1, 0.15) is 11.3 Å². The van der Waals surface area contributed by atoms with Crippen LogP contribution in [-0.4, -0.2) is 15.7 Å². The number of rotatable bonds is 4. The first-order chi connectivity index (χ1) is 11.0. The molecule has 23 heavy (non-hydrogen) atoms. The summed E-state index contributed by atoms with van der Waals surface area (Å²) in [5.41, 5.74) is -2.08. The first kappa shape index (κ1) is 15.5. The van der Waals surface area contributed by atoms with Crippen molar-refractivity contribution in [2.75, 3.05) is 0 Å². The Balaban J connectivity index is 1.85. The maximum atomic E-state index is 12.2. The molecule has 0 unspecified atom stereocenters. The zero-order valence-electron chi connectivity index (χ0n) is 11.7. The van der Waals surface area contributed by atoms with Gasteiger partial charge in [0.25, 0.3) is 0 Å². The van der Waals surface area contributed by atoms with Crippen LogP contribution in [0.5, 0.6) is 5.75 Å². The molecular formula is C16H11F3N2OS. The third kappa shape index (κ3) is 4.07. The summed E-state index contributed by atoms with van der Waals surface area (Å²) in [5.74, 6) is 0.121. The minimum atomic E-state index is -4.44. The number of nitrogens with zero attached hydrogens (tertiary/aromatic N) is 1. The van der Waals surface area contributed by atoms with E-state index in [1.165, 1.54) is 12.1 Å². The third-order valence-electron chi connectivity index (χ3n) is 3.03. The number of H-pyrrole nitrogens is 1. The molecule has 0 bridgehead atoms. The molecule has 0 amide bonds. The van der Waals surface area contributed by atoms with Gasteiger partial charge in [-0.25, -0.2) is 0 Å². The van der Waals surface area contributed by atoms with Crippen LogP contribution in [0.15, 0.2) is 48.5 Å². The monoisotopic (exact) mass is 336 g/mol. The molecule has 7 heteroatoms. The molecule has 1 heterocycles. The van der Waals surface area contributed by atoms with E-state index in [9.17, 15) is 13.2 Å². The fourth-order valence-electron chi connectivity index (χ4n) is 2.03. The average molecular weight is 336 g/mol. The Morgan fingerprint density at radius 3 is 2.57 bits per heavy atom. The molecule has 0 radical (unpaired) electrons. The van der Waals surface area contributed by atoms with Crippen LogP contribution in [0.4, 0.5) is 13.2 Å². The highest BCUT2D eigenvalue weighted by atomic mass is 32.2. The number of nitrogens with one attached hydrogen (secondary N) is 1. The van der Waals surface area contributed by atoms with E-state index >= 15 is 0 Å². The lowest BCUT2D eigenvalue weighted by Crippen LogP contribution is -2.02. The third-order valence-corrected chi connectivity index (χ3v) is 3.49. The van der Waals surface area contributed by atoms with Gasteiger partial charge in [-0.1, -0.05) is 36.4 Å². The summed E-state index contributed by atoms with van der Waals surface area (Å²) in [6, 6.07) is 14.3. The van der Waals surface area contributed by atoms with Crippen LogP contribution in [0, 0.1) is 0 Å². The van der Waals surface area contributed by atoms with Crippen molar-refractivity contribution in [1.29, 1.82) is 0 Å². The molecule has 0 fully saturated rings. The molecule has 0 saturated heterocycles. The highest BCUT2D eigenvalue weighted by Crippen LogP contribution is 2.33. The van der Waals surface area contributed by atoms with Gasteiger partial charge in [0.1, 0.15) is 5.75 Å². The van der Waals surface area contributed by atoms with Crippen LogP contribution in [0.25, 0.3) is 23.1 Å². The molecule has 0 aliphatic heterocycles. The summed E-state index contributed by atoms with van der Waals surface area (Å²) in [6.07, 6.45) is 3.68. The molecule has 2 aromatic carbocycles. The van der Waals surface area contributed by atoms with Gasteiger partial charge < -0.3 is 4.18 Å². The number of benzene rings is 2. The molecule has 1 N–H and O–H groups in total. The number of alkyl halides is 3. The number of aromatic amines is 1. The van der Waals surface area contributed by atoms with Crippen LogP contribution < -0.4 is 4.18 Å². The van der Waals surface area contributed by atoms with Crippen LogP contribution in [0.3, 0.4) is 0 Å². The predicted octanol–water partition coefficient (Wildman–Crippen LogP) is 5.28. The van der Waals surface area contributed by atoms with Crippen molar-refractivity contribution >= 4 is 35.1 Å². The van der Waals surface area contributed by atoms with Crippen molar-refractivity contribution in [3.8, 4) is 5.75 Å². The molecule has 118 valence electrons. The second-order valence-corrected chi connectivity index (χ2v) is 5.47. The number of halogens is 3. The molecule has 0 spiro atoms. The lowest BCUT2D eigenvalue weighted by Gasteiger charge is -2.06. The molecule has 3 rings (SSSR count). The molecule has 0 atom stereocenters. The minimum Gasteiger partial charge on any atom is -0.417 e. The highest BCUT2D eigenvalue weighted by molar-refractivity contribution is 7.95. The van der Waals surface area contributed by atoms with Crippen LogP contribution in [-0.2, 0) is 0 Å². The topological polar surface area (TPSA) is 37.9 Å². The maximum absolute atomic E-state index is 12.2. The van der Waals surface area contributed by atoms with Crippen molar-refractivity contribution in [2.45, 2.75) is 5.51 Å². The van der Waals surface area contributed by atoms with E-state index in [2.05, 4.69) is 10.2 Å². The summed E-state index contributed by atoms with van der Waals surface area (Å²) in [6.45, 7) is 0. The summed E-state index contributed by atoms with van der Waals surface area (Å²) < 4.78 is 41.3. The Morgan fingerprint density at radius 2 is 1.83 bits per heavy atom. The number of aromatic nitrogens is 2. The van der Waals surface area contributed by atoms with Crippen molar-refractivity contribution in [1.82, 2.24) is 10.2 Å². The largest absolute Gasteiger partial charge is 0.479 e. The van der Waals surface area contributed by atoms with Crippen molar-refractivity contribution in [3.63, 3.8) is 0 Å². The first-order valence-electron chi connectivity index (χ1n) is 6.65. The standard InChI is InChI=1S/C16H11F3N2OS/c17-16(18,19)23-22-12-7-9-15-13(10-12)14(20-21-15)8-6-11-4-2-1-3-5-11/h1-10H,(H,20,21)/b8-6+. The van der Waals surface area contributed by atoms with E-state index in [0.29, 0.717) is 11.1 Å². The second-order valence-electron chi connectivity index (χ2n) is 4.67. The Labute approximate surface area is 134 Å². The van der Waals surface area contributed by atoms with E-state index in [1.807, 2.05) is 36.4 Å². The van der Waals surface area contributed by atoms with Gasteiger partial charge in [0.2, 0.25) is 0 Å². The fourth-order valence-corrected chi connectivity index (χ4v) is 2.32. The Kier molecular flexibility index (Phi) is 4.29. The number of hydrogen-bond acceptors (Lipinski definition) is 3. The summed E-state index contributed by atoms with van der Waals surface area (Å²) in [7, 11) is 0. The SMILES string of the molecule is FC(F)(F)SOc1ccc2[nH]nc(/C=C/c3ccccc3)c2c1. The fraction of sp³-hybridized carbons (Fsp3) is 0.0625. The second kappa shape index (κ2) is 6.37. The maximum Gasteiger partial charge on any atom is 0.479 e. The number of hydrogen-bond donors (Lipinski definition) is 1. The smallest absolute Gasteiger partial charge is 0.417 e. The zero-order chi connectivity index (χ0) is 16.3. The molecular weight excluding hydrogens is 325 g/mol. The van der Waals surface area contributed by atoms with Gasteiger partial charge in [-0.15, -0.1) is 0 Å². The Morgan fingerprint density at radius 1 is 1.04 bits per heavy atom. The molecule has 3 aromatic rings. The Hall–Kier alpha value is -2.41. The van der Waals surface area contributed by atoms with Crippen molar-refractivity contribution in [3.05, 3.63) is 59.8 Å². The predicted molar refractivity (Wildman–Crippen MR) is 85.7 cm³/mol. The average Bonchev–Trinajstić information content (AvgIpc) is 2.94. The summed E-state index contributed by atoms with van der Waals surface area (Å²) >= 11 is -0.535. The van der Waals surface area contributed by atoms with Crippen LogP contribution >= 0.6 is 12.0 Å². The van der Waals surface area contributed by atoms with Crippen LogP contribution in [0.2, 0.25) is 0 Å². The van der Waals surface area contributed by atoms with Gasteiger partial charge >= 0.3 is 5.51 Å². The van der Waals surface area contributed by atoms with E-state index in [4.69, 9.17) is 4.18 Å². The molecule has 0 aliphatic rings. The Bertz CT molecular complexity index is 828. The normalized spacial score (nSPS) is 12.1. The minimum absolute atomic E-state index is 0.121. The molecule has 1 aromatic heterocycles. The highest BCUT2D eigenvalue weighted by Gasteiger charge is 2.31. The quantitative estimate of drug-likeness (QED) is 0.659. The van der Waals surface area contributed by atoms with E-state index < -0.39 is 17.6 Å².